The van der Waals surface area contributed by atoms with E-state index in [-0.39, 0.29) is 11.8 Å². The number of amides is 2. The number of anilines is 1. The van der Waals surface area contributed by atoms with Crippen LogP contribution in [0.5, 0.6) is 0 Å². The first-order valence-corrected chi connectivity index (χ1v) is 9.93. The molecule has 1 atom stereocenters. The first-order valence-electron chi connectivity index (χ1n) is 6.86. The van der Waals surface area contributed by atoms with Gasteiger partial charge in [-0.3, -0.25) is 9.59 Å². The highest BCUT2D eigenvalue weighted by Crippen LogP contribution is 2.17. The van der Waals surface area contributed by atoms with Crippen LogP contribution in [0, 0.1) is 0 Å². The molecule has 1 aromatic carbocycles. The SMILES string of the molecule is CSCCC(NC(=O)c1ccccc1Br)C(=O)Nc1nccs1. The predicted octanol–water partition coefficient (Wildman–Crippen LogP) is 3.40. The third kappa shape index (κ3) is 5.33. The summed E-state index contributed by atoms with van der Waals surface area (Å²) in [5.74, 6) is 0.235. The molecular formula is C15H16BrN3O2S2. The van der Waals surface area contributed by atoms with Crippen molar-refractivity contribution in [2.45, 2.75) is 12.5 Å². The Bertz CT molecular complexity index is 665. The van der Waals surface area contributed by atoms with Crippen molar-refractivity contribution in [3.8, 4) is 0 Å². The van der Waals surface area contributed by atoms with Crippen molar-refractivity contribution < 1.29 is 9.59 Å². The van der Waals surface area contributed by atoms with E-state index in [1.165, 1.54) is 11.3 Å². The molecule has 1 unspecified atom stereocenters. The number of hydrogen-bond donors (Lipinski definition) is 2. The lowest BCUT2D eigenvalue weighted by Crippen LogP contribution is -2.44. The Morgan fingerprint density at radius 1 is 1.39 bits per heavy atom. The lowest BCUT2D eigenvalue weighted by Gasteiger charge is -2.17. The van der Waals surface area contributed by atoms with Gasteiger partial charge in [-0.25, -0.2) is 4.98 Å². The van der Waals surface area contributed by atoms with E-state index in [4.69, 9.17) is 0 Å². The van der Waals surface area contributed by atoms with Gasteiger partial charge in [0.2, 0.25) is 5.91 Å². The van der Waals surface area contributed by atoms with Crippen LogP contribution in [0.2, 0.25) is 0 Å². The van der Waals surface area contributed by atoms with Gasteiger partial charge in [-0.2, -0.15) is 11.8 Å². The van der Waals surface area contributed by atoms with E-state index in [1.807, 2.05) is 12.3 Å². The Kier molecular flexibility index (Phi) is 7.07. The number of thioether (sulfide) groups is 1. The molecule has 8 heteroatoms. The van der Waals surface area contributed by atoms with E-state index in [9.17, 15) is 9.59 Å². The standard InChI is InChI=1S/C15H16BrN3O2S2/c1-22-8-6-12(14(21)19-15-17-7-9-23-15)18-13(20)10-4-2-3-5-11(10)16/h2-5,7,9,12H,6,8H2,1H3,(H,18,20)(H,17,19,21). The molecule has 0 aliphatic heterocycles. The van der Waals surface area contributed by atoms with Crippen LogP contribution < -0.4 is 10.6 Å². The molecule has 0 radical (unpaired) electrons. The number of carbonyl (C=O) groups excluding carboxylic acids is 2. The summed E-state index contributed by atoms with van der Waals surface area (Å²) >= 11 is 6.32. The molecule has 0 aliphatic rings. The molecule has 1 heterocycles. The van der Waals surface area contributed by atoms with E-state index < -0.39 is 6.04 Å². The third-order valence-corrected chi connectivity index (χ3v) is 5.04. The van der Waals surface area contributed by atoms with Crippen LogP contribution >= 0.6 is 39.0 Å². The molecule has 2 amide bonds. The molecule has 0 bridgehead atoms. The van der Waals surface area contributed by atoms with Crippen molar-refractivity contribution >= 4 is 56.0 Å². The summed E-state index contributed by atoms with van der Waals surface area (Å²) in [6.45, 7) is 0. The summed E-state index contributed by atoms with van der Waals surface area (Å²) in [5.41, 5.74) is 0.503. The smallest absolute Gasteiger partial charge is 0.253 e. The summed E-state index contributed by atoms with van der Waals surface area (Å²) in [7, 11) is 0. The zero-order valence-corrected chi connectivity index (χ0v) is 15.6. The molecule has 2 N–H and O–H groups in total. The number of halogens is 1. The lowest BCUT2D eigenvalue weighted by atomic mass is 10.1. The normalized spacial score (nSPS) is 11.7. The highest BCUT2D eigenvalue weighted by Gasteiger charge is 2.22. The molecule has 5 nitrogen and oxygen atoms in total. The number of nitrogens with one attached hydrogen (secondary N) is 2. The fraction of sp³-hybridized carbons (Fsp3) is 0.267. The summed E-state index contributed by atoms with van der Waals surface area (Å²) in [6, 6.07) is 6.52. The van der Waals surface area contributed by atoms with Crippen LogP contribution in [0.15, 0.2) is 40.3 Å². The van der Waals surface area contributed by atoms with Crippen LogP contribution in [0.4, 0.5) is 5.13 Å². The molecule has 1 aromatic heterocycles. The number of hydrogen-bond acceptors (Lipinski definition) is 5. The first kappa shape index (κ1) is 18.0. The second kappa shape index (κ2) is 9.05. The minimum absolute atomic E-state index is 0.255. The zero-order chi connectivity index (χ0) is 16.7. The van der Waals surface area contributed by atoms with Gasteiger partial charge in [0, 0.05) is 16.0 Å². The molecule has 2 aromatic rings. The van der Waals surface area contributed by atoms with Crippen molar-refractivity contribution in [3.63, 3.8) is 0 Å². The van der Waals surface area contributed by atoms with Crippen LogP contribution in [-0.2, 0) is 4.79 Å². The predicted molar refractivity (Wildman–Crippen MR) is 99.1 cm³/mol. The number of rotatable bonds is 7. The maximum atomic E-state index is 12.4. The number of thiazole rings is 1. The maximum absolute atomic E-state index is 12.4. The molecule has 0 spiro atoms. The number of nitrogens with zero attached hydrogens (tertiary/aromatic N) is 1. The second-order valence-corrected chi connectivity index (χ2v) is 7.35. The molecule has 2 rings (SSSR count). The Balaban J connectivity index is 2.07. The highest BCUT2D eigenvalue weighted by molar-refractivity contribution is 9.10. The Hall–Kier alpha value is -1.38. The van der Waals surface area contributed by atoms with Crippen LogP contribution in [0.25, 0.3) is 0 Å². The minimum atomic E-state index is -0.606. The van der Waals surface area contributed by atoms with E-state index in [0.717, 1.165) is 5.75 Å². The second-order valence-electron chi connectivity index (χ2n) is 4.61. The van der Waals surface area contributed by atoms with Gasteiger partial charge in [0.05, 0.1) is 5.56 Å². The molecular weight excluding hydrogens is 398 g/mol. The van der Waals surface area contributed by atoms with Gasteiger partial charge in [0.25, 0.3) is 5.91 Å². The Labute approximate surface area is 151 Å². The van der Waals surface area contributed by atoms with E-state index >= 15 is 0 Å². The largest absolute Gasteiger partial charge is 0.340 e. The van der Waals surface area contributed by atoms with Gasteiger partial charge in [-0.1, -0.05) is 12.1 Å². The monoisotopic (exact) mass is 413 g/mol. The quantitative estimate of drug-likeness (QED) is 0.729. The fourth-order valence-corrected chi connectivity index (χ4v) is 3.33. The topological polar surface area (TPSA) is 71.1 Å². The van der Waals surface area contributed by atoms with E-state index in [1.54, 1.807) is 41.5 Å². The lowest BCUT2D eigenvalue weighted by molar-refractivity contribution is -0.118. The Morgan fingerprint density at radius 2 is 2.17 bits per heavy atom. The number of aromatic nitrogens is 1. The first-order chi connectivity index (χ1) is 11.1. The van der Waals surface area contributed by atoms with Gasteiger partial charge in [-0.05, 0) is 46.5 Å². The van der Waals surface area contributed by atoms with E-state index in [0.29, 0.717) is 21.6 Å². The van der Waals surface area contributed by atoms with Crippen molar-refractivity contribution in [2.24, 2.45) is 0 Å². The van der Waals surface area contributed by atoms with Gasteiger partial charge in [0.15, 0.2) is 5.13 Å². The number of carbonyl (C=O) groups is 2. The molecule has 0 saturated carbocycles. The van der Waals surface area contributed by atoms with Crippen molar-refractivity contribution in [3.05, 3.63) is 45.9 Å². The molecule has 0 aliphatic carbocycles. The number of benzene rings is 1. The Morgan fingerprint density at radius 3 is 2.83 bits per heavy atom. The van der Waals surface area contributed by atoms with Crippen LogP contribution in [0.3, 0.4) is 0 Å². The molecule has 23 heavy (non-hydrogen) atoms. The summed E-state index contributed by atoms with van der Waals surface area (Å²) in [6.07, 6.45) is 4.14. The van der Waals surface area contributed by atoms with Crippen LogP contribution in [-0.4, -0.2) is 34.8 Å². The minimum Gasteiger partial charge on any atom is -0.340 e. The molecule has 0 saturated heterocycles. The average Bonchev–Trinajstić information content (AvgIpc) is 3.04. The summed E-state index contributed by atoms with van der Waals surface area (Å²) in [4.78, 5) is 28.8. The van der Waals surface area contributed by atoms with Gasteiger partial charge < -0.3 is 10.6 Å². The van der Waals surface area contributed by atoms with Crippen LogP contribution in [0.1, 0.15) is 16.8 Å². The zero-order valence-electron chi connectivity index (χ0n) is 12.4. The maximum Gasteiger partial charge on any atom is 0.253 e. The fourth-order valence-electron chi connectivity index (χ4n) is 1.86. The average molecular weight is 414 g/mol. The van der Waals surface area contributed by atoms with Gasteiger partial charge in [0.1, 0.15) is 6.04 Å². The van der Waals surface area contributed by atoms with E-state index in [2.05, 4.69) is 31.5 Å². The molecule has 0 fully saturated rings. The van der Waals surface area contributed by atoms with Crippen molar-refractivity contribution in [2.75, 3.05) is 17.3 Å². The van der Waals surface area contributed by atoms with Crippen molar-refractivity contribution in [1.29, 1.82) is 0 Å². The third-order valence-electron chi connectivity index (χ3n) is 3.01. The summed E-state index contributed by atoms with van der Waals surface area (Å²) in [5, 5.41) is 7.85. The van der Waals surface area contributed by atoms with Gasteiger partial charge >= 0.3 is 0 Å². The van der Waals surface area contributed by atoms with Crippen molar-refractivity contribution in [1.82, 2.24) is 10.3 Å². The molecule has 122 valence electrons. The summed E-state index contributed by atoms with van der Waals surface area (Å²) < 4.78 is 0.696. The highest BCUT2D eigenvalue weighted by atomic mass is 79.9. The van der Waals surface area contributed by atoms with Gasteiger partial charge in [-0.15, -0.1) is 11.3 Å².